The van der Waals surface area contributed by atoms with Crippen molar-refractivity contribution in [1.82, 2.24) is 14.5 Å². The van der Waals surface area contributed by atoms with Crippen molar-refractivity contribution < 1.29 is 14.5 Å². The number of non-ortho nitro benzene ring substituents is 1. The molecule has 9 nitrogen and oxygen atoms in total. The van der Waals surface area contributed by atoms with Crippen LogP contribution in [0.15, 0.2) is 42.5 Å². The number of anilines is 1. The van der Waals surface area contributed by atoms with Crippen molar-refractivity contribution in [3.63, 3.8) is 0 Å². The number of carbonyl (C=O) groups excluding carboxylic acids is 1. The first kappa shape index (κ1) is 21.8. The SMILES string of the molecule is CC(C)n1c(CN2CCCC2)nc2cc(NC(=O)COc3ccc([N+](=O)[O-])cc3)ccc21. The largest absolute Gasteiger partial charge is 0.484 e. The molecule has 1 fully saturated rings. The smallest absolute Gasteiger partial charge is 0.269 e. The van der Waals surface area contributed by atoms with E-state index in [1.54, 1.807) is 0 Å². The standard InChI is InChI=1S/C23H27N5O4/c1-16(2)27-21-10-5-17(13-20(21)25-22(27)14-26-11-3-4-12-26)24-23(29)15-32-19-8-6-18(7-9-19)28(30)31/h5-10,13,16H,3-4,11-12,14-15H2,1-2H3,(H,24,29). The second-order valence-electron chi connectivity index (χ2n) is 8.27. The average molecular weight is 438 g/mol. The number of likely N-dealkylation sites (tertiary alicyclic amines) is 1. The van der Waals surface area contributed by atoms with E-state index in [0.29, 0.717) is 11.4 Å². The number of carbonyl (C=O) groups is 1. The zero-order valence-electron chi connectivity index (χ0n) is 18.3. The molecule has 4 rings (SSSR count). The number of nitrogens with one attached hydrogen (secondary N) is 1. The van der Waals surface area contributed by atoms with E-state index in [4.69, 9.17) is 9.72 Å². The van der Waals surface area contributed by atoms with Gasteiger partial charge in [0.25, 0.3) is 11.6 Å². The van der Waals surface area contributed by atoms with Gasteiger partial charge in [0.1, 0.15) is 11.6 Å². The molecular formula is C23H27N5O4. The van der Waals surface area contributed by atoms with Crippen LogP contribution in [0.4, 0.5) is 11.4 Å². The van der Waals surface area contributed by atoms with Crippen LogP contribution in [0.3, 0.4) is 0 Å². The van der Waals surface area contributed by atoms with Crippen molar-refractivity contribution in [2.75, 3.05) is 25.0 Å². The third kappa shape index (κ3) is 4.88. The van der Waals surface area contributed by atoms with Crippen LogP contribution >= 0.6 is 0 Å². The monoisotopic (exact) mass is 437 g/mol. The number of nitro benzene ring substituents is 1. The Labute approximate surface area is 186 Å². The van der Waals surface area contributed by atoms with Gasteiger partial charge < -0.3 is 14.6 Å². The highest BCUT2D eigenvalue weighted by molar-refractivity contribution is 5.94. The lowest BCUT2D eigenvalue weighted by Crippen LogP contribution is -2.21. The fourth-order valence-corrected chi connectivity index (χ4v) is 4.06. The highest BCUT2D eigenvalue weighted by Gasteiger charge is 2.19. The second-order valence-corrected chi connectivity index (χ2v) is 8.27. The third-order valence-corrected chi connectivity index (χ3v) is 5.54. The summed E-state index contributed by atoms with van der Waals surface area (Å²) in [6, 6.07) is 11.6. The van der Waals surface area contributed by atoms with E-state index in [2.05, 4.69) is 28.6 Å². The molecule has 1 amide bonds. The van der Waals surface area contributed by atoms with Crippen LogP contribution in [-0.4, -0.2) is 45.0 Å². The van der Waals surface area contributed by atoms with Crippen molar-refractivity contribution in [2.24, 2.45) is 0 Å². The quantitative estimate of drug-likeness (QED) is 0.420. The van der Waals surface area contributed by atoms with E-state index in [1.807, 2.05) is 18.2 Å². The van der Waals surface area contributed by atoms with Crippen molar-refractivity contribution in [3.05, 3.63) is 58.4 Å². The summed E-state index contributed by atoms with van der Waals surface area (Å²) in [6.45, 7) is 7.16. The molecule has 1 aliphatic heterocycles. The number of rotatable bonds is 8. The maximum absolute atomic E-state index is 12.3. The van der Waals surface area contributed by atoms with Gasteiger partial charge in [-0.05, 0) is 70.1 Å². The Bertz CT molecular complexity index is 1120. The number of imidazole rings is 1. The van der Waals surface area contributed by atoms with E-state index in [9.17, 15) is 14.9 Å². The molecule has 0 radical (unpaired) electrons. The minimum absolute atomic E-state index is 0.0277. The third-order valence-electron chi connectivity index (χ3n) is 5.54. The summed E-state index contributed by atoms with van der Waals surface area (Å²) in [5.41, 5.74) is 2.52. The summed E-state index contributed by atoms with van der Waals surface area (Å²) in [5, 5.41) is 13.5. The number of benzene rings is 2. The van der Waals surface area contributed by atoms with Crippen molar-refractivity contribution in [1.29, 1.82) is 0 Å². The Morgan fingerprint density at radius 2 is 1.91 bits per heavy atom. The lowest BCUT2D eigenvalue weighted by atomic mass is 10.2. The maximum Gasteiger partial charge on any atom is 0.269 e. The maximum atomic E-state index is 12.3. The fraction of sp³-hybridized carbons (Fsp3) is 0.391. The molecule has 1 N–H and O–H groups in total. The minimum Gasteiger partial charge on any atom is -0.484 e. The summed E-state index contributed by atoms with van der Waals surface area (Å²) < 4.78 is 7.69. The van der Waals surface area contributed by atoms with Gasteiger partial charge in [-0.15, -0.1) is 0 Å². The first-order valence-electron chi connectivity index (χ1n) is 10.8. The van der Waals surface area contributed by atoms with Crippen LogP contribution < -0.4 is 10.1 Å². The van der Waals surface area contributed by atoms with Crippen molar-refractivity contribution >= 4 is 28.3 Å². The normalized spacial score (nSPS) is 14.2. The van der Waals surface area contributed by atoms with Gasteiger partial charge in [0.15, 0.2) is 6.61 Å². The molecule has 0 spiro atoms. The Hall–Kier alpha value is -3.46. The van der Waals surface area contributed by atoms with Crippen LogP contribution in [0.5, 0.6) is 5.75 Å². The molecule has 168 valence electrons. The van der Waals surface area contributed by atoms with Gasteiger partial charge in [0.05, 0.1) is 22.5 Å². The van der Waals surface area contributed by atoms with E-state index in [-0.39, 0.29) is 24.2 Å². The van der Waals surface area contributed by atoms with Crippen molar-refractivity contribution in [3.8, 4) is 5.75 Å². The molecule has 0 aliphatic carbocycles. The molecule has 0 unspecified atom stereocenters. The van der Waals surface area contributed by atoms with Gasteiger partial charge in [-0.3, -0.25) is 19.8 Å². The molecule has 1 saturated heterocycles. The first-order chi connectivity index (χ1) is 15.4. The number of aromatic nitrogens is 2. The Morgan fingerprint density at radius 3 is 2.56 bits per heavy atom. The van der Waals surface area contributed by atoms with Crippen LogP contribution in [0.2, 0.25) is 0 Å². The van der Waals surface area contributed by atoms with Crippen LogP contribution in [0, 0.1) is 10.1 Å². The van der Waals surface area contributed by atoms with E-state index < -0.39 is 4.92 Å². The highest BCUT2D eigenvalue weighted by atomic mass is 16.6. The Balaban J connectivity index is 1.43. The number of hydrogen-bond acceptors (Lipinski definition) is 6. The predicted molar refractivity (Wildman–Crippen MR) is 122 cm³/mol. The lowest BCUT2D eigenvalue weighted by Gasteiger charge is -2.18. The van der Waals surface area contributed by atoms with Crippen LogP contribution in [0.1, 0.15) is 38.6 Å². The minimum atomic E-state index is -0.482. The van der Waals surface area contributed by atoms with Crippen molar-refractivity contribution in [2.45, 2.75) is 39.3 Å². The van der Waals surface area contributed by atoms with Crippen LogP contribution in [-0.2, 0) is 11.3 Å². The number of hydrogen-bond donors (Lipinski definition) is 1. The number of nitrogens with zero attached hydrogens (tertiary/aromatic N) is 4. The molecule has 1 aliphatic rings. The number of ether oxygens (including phenoxy) is 1. The Kier molecular flexibility index (Phi) is 6.36. The van der Waals surface area contributed by atoms with Gasteiger partial charge in [-0.25, -0.2) is 4.98 Å². The summed E-state index contributed by atoms with van der Waals surface area (Å²) in [7, 11) is 0. The van der Waals surface area contributed by atoms with E-state index >= 15 is 0 Å². The van der Waals surface area contributed by atoms with Gasteiger partial charge in [-0.1, -0.05) is 0 Å². The number of fused-ring (bicyclic) bond motifs is 1. The zero-order chi connectivity index (χ0) is 22.7. The Morgan fingerprint density at radius 1 is 1.19 bits per heavy atom. The molecule has 32 heavy (non-hydrogen) atoms. The summed E-state index contributed by atoms with van der Waals surface area (Å²) >= 11 is 0. The molecule has 0 bridgehead atoms. The molecule has 9 heteroatoms. The summed E-state index contributed by atoms with van der Waals surface area (Å²) in [6.07, 6.45) is 2.47. The average Bonchev–Trinajstić information content (AvgIpc) is 3.39. The summed E-state index contributed by atoms with van der Waals surface area (Å²) in [5.74, 6) is 1.12. The zero-order valence-corrected chi connectivity index (χ0v) is 18.3. The highest BCUT2D eigenvalue weighted by Crippen LogP contribution is 2.26. The molecule has 0 atom stereocenters. The topological polar surface area (TPSA) is 103 Å². The lowest BCUT2D eigenvalue weighted by molar-refractivity contribution is -0.384. The van der Waals surface area contributed by atoms with Gasteiger partial charge in [0.2, 0.25) is 0 Å². The first-order valence-corrected chi connectivity index (χ1v) is 10.8. The van der Waals surface area contributed by atoms with Gasteiger partial charge in [-0.2, -0.15) is 0 Å². The molecular weight excluding hydrogens is 410 g/mol. The predicted octanol–water partition coefficient (Wildman–Crippen LogP) is 4.14. The molecule has 3 aromatic rings. The van der Waals surface area contributed by atoms with Gasteiger partial charge >= 0.3 is 0 Å². The molecule has 2 heterocycles. The second kappa shape index (κ2) is 9.35. The fourth-order valence-electron chi connectivity index (χ4n) is 4.06. The van der Waals surface area contributed by atoms with Gasteiger partial charge in [0, 0.05) is 23.9 Å². The molecule has 1 aromatic heterocycles. The number of amides is 1. The molecule has 2 aromatic carbocycles. The number of nitro groups is 1. The molecule has 0 saturated carbocycles. The summed E-state index contributed by atoms with van der Waals surface area (Å²) in [4.78, 5) is 29.9. The van der Waals surface area contributed by atoms with E-state index in [0.717, 1.165) is 36.5 Å². The van der Waals surface area contributed by atoms with Crippen LogP contribution in [0.25, 0.3) is 11.0 Å². The van der Waals surface area contributed by atoms with E-state index in [1.165, 1.54) is 37.1 Å².